The van der Waals surface area contributed by atoms with Crippen LogP contribution in [0, 0.1) is 11.6 Å². The summed E-state index contributed by atoms with van der Waals surface area (Å²) in [5.74, 6) is -2.20. The summed E-state index contributed by atoms with van der Waals surface area (Å²) in [6.45, 7) is 0.0416. The lowest BCUT2D eigenvalue weighted by molar-refractivity contribution is 0.0949. The molecule has 26 heavy (non-hydrogen) atoms. The van der Waals surface area contributed by atoms with Crippen LogP contribution in [0.3, 0.4) is 0 Å². The molecule has 0 atom stereocenters. The molecule has 1 amide bonds. The van der Waals surface area contributed by atoms with E-state index < -0.39 is 17.5 Å². The number of rotatable bonds is 4. The normalized spacial score (nSPS) is 11.0. The van der Waals surface area contributed by atoms with Crippen molar-refractivity contribution in [3.63, 3.8) is 0 Å². The molecular formula is C17H11F2N5OS. The Morgan fingerprint density at radius 1 is 1.12 bits per heavy atom. The molecule has 0 bridgehead atoms. The molecular weight excluding hydrogens is 360 g/mol. The molecule has 9 heteroatoms. The predicted molar refractivity (Wildman–Crippen MR) is 91.6 cm³/mol. The van der Waals surface area contributed by atoms with Crippen LogP contribution in [0.1, 0.15) is 16.2 Å². The molecule has 0 fully saturated rings. The fourth-order valence-corrected chi connectivity index (χ4v) is 3.09. The lowest BCUT2D eigenvalue weighted by atomic mass is 10.2. The number of hydrogen-bond acceptors (Lipinski definition) is 5. The highest BCUT2D eigenvalue weighted by molar-refractivity contribution is 7.13. The average molecular weight is 371 g/mol. The van der Waals surface area contributed by atoms with Gasteiger partial charge < -0.3 is 5.32 Å². The van der Waals surface area contributed by atoms with Gasteiger partial charge in [-0.05, 0) is 41.8 Å². The van der Waals surface area contributed by atoms with Crippen LogP contribution >= 0.6 is 11.3 Å². The lowest BCUT2D eigenvalue weighted by Gasteiger charge is -2.05. The van der Waals surface area contributed by atoms with Gasteiger partial charge in [-0.25, -0.2) is 8.78 Å². The number of carbonyl (C=O) groups excluding carboxylic acids is 1. The molecule has 0 saturated carbocycles. The average Bonchev–Trinajstić information content (AvgIpc) is 3.31. The quantitative estimate of drug-likeness (QED) is 0.598. The predicted octanol–water partition coefficient (Wildman–Crippen LogP) is 3.06. The summed E-state index contributed by atoms with van der Waals surface area (Å²) in [7, 11) is 0. The summed E-state index contributed by atoms with van der Waals surface area (Å²) in [5.41, 5.74) is 1.33. The summed E-state index contributed by atoms with van der Waals surface area (Å²) in [6.07, 6.45) is 0. The van der Waals surface area contributed by atoms with Crippen molar-refractivity contribution in [1.82, 2.24) is 25.1 Å². The Kier molecular flexibility index (Phi) is 4.13. The second kappa shape index (κ2) is 6.60. The number of hydrogen-bond donors (Lipinski definition) is 1. The van der Waals surface area contributed by atoms with Crippen LogP contribution in [0.15, 0.2) is 47.8 Å². The minimum Gasteiger partial charge on any atom is -0.345 e. The Morgan fingerprint density at radius 3 is 2.77 bits per heavy atom. The number of nitrogens with zero attached hydrogens (tertiary/aromatic N) is 4. The van der Waals surface area contributed by atoms with E-state index in [-0.39, 0.29) is 12.1 Å². The molecule has 3 heterocycles. The molecule has 0 aliphatic heterocycles. The summed E-state index contributed by atoms with van der Waals surface area (Å²) in [5, 5.41) is 17.1. The van der Waals surface area contributed by atoms with Crippen LogP contribution in [0.2, 0.25) is 0 Å². The van der Waals surface area contributed by atoms with Gasteiger partial charge in [0, 0.05) is 5.56 Å². The van der Waals surface area contributed by atoms with E-state index in [0.29, 0.717) is 11.5 Å². The minimum atomic E-state index is -1.08. The van der Waals surface area contributed by atoms with E-state index in [1.807, 2.05) is 23.6 Å². The summed E-state index contributed by atoms with van der Waals surface area (Å²) in [6, 6.07) is 10.5. The fourth-order valence-electron chi connectivity index (χ4n) is 2.40. The van der Waals surface area contributed by atoms with Crippen LogP contribution < -0.4 is 5.32 Å². The van der Waals surface area contributed by atoms with Gasteiger partial charge in [-0.2, -0.15) is 9.61 Å². The van der Waals surface area contributed by atoms with Crippen molar-refractivity contribution in [2.45, 2.75) is 6.54 Å². The van der Waals surface area contributed by atoms with Gasteiger partial charge in [0.25, 0.3) is 5.91 Å². The maximum atomic E-state index is 13.2. The van der Waals surface area contributed by atoms with E-state index in [0.717, 1.165) is 22.7 Å². The van der Waals surface area contributed by atoms with E-state index in [9.17, 15) is 13.6 Å². The van der Waals surface area contributed by atoms with Crippen LogP contribution in [0.4, 0.5) is 8.78 Å². The van der Waals surface area contributed by atoms with Crippen LogP contribution in [-0.4, -0.2) is 25.7 Å². The van der Waals surface area contributed by atoms with E-state index >= 15 is 0 Å². The van der Waals surface area contributed by atoms with Crippen molar-refractivity contribution < 1.29 is 13.6 Å². The summed E-state index contributed by atoms with van der Waals surface area (Å²) >= 11 is 1.56. The van der Waals surface area contributed by atoms with Crippen molar-refractivity contribution >= 4 is 22.9 Å². The van der Waals surface area contributed by atoms with Crippen molar-refractivity contribution in [3.05, 3.63) is 70.9 Å². The zero-order valence-corrected chi connectivity index (χ0v) is 14.0. The number of nitrogens with one attached hydrogen (secondary N) is 1. The Labute approximate surface area is 150 Å². The van der Waals surface area contributed by atoms with Gasteiger partial charge >= 0.3 is 0 Å². The van der Waals surface area contributed by atoms with Gasteiger partial charge in [0.15, 0.2) is 23.1 Å². The largest absolute Gasteiger partial charge is 0.345 e. The molecule has 1 N–H and O–H groups in total. The molecule has 4 rings (SSSR count). The second-order valence-corrected chi connectivity index (χ2v) is 6.34. The van der Waals surface area contributed by atoms with Crippen molar-refractivity contribution in [2.75, 3.05) is 0 Å². The van der Waals surface area contributed by atoms with Crippen LogP contribution in [0.25, 0.3) is 16.2 Å². The van der Waals surface area contributed by atoms with Gasteiger partial charge in [0.1, 0.15) is 5.69 Å². The third-order valence-corrected chi connectivity index (χ3v) is 4.58. The third kappa shape index (κ3) is 3.04. The van der Waals surface area contributed by atoms with E-state index in [1.54, 1.807) is 21.9 Å². The summed E-state index contributed by atoms with van der Waals surface area (Å²) < 4.78 is 27.8. The van der Waals surface area contributed by atoms with Crippen molar-refractivity contribution in [1.29, 1.82) is 0 Å². The second-order valence-electron chi connectivity index (χ2n) is 5.39. The Morgan fingerprint density at radius 2 is 2.00 bits per heavy atom. The number of halogens is 2. The van der Waals surface area contributed by atoms with Crippen molar-refractivity contribution in [2.24, 2.45) is 0 Å². The summed E-state index contributed by atoms with van der Waals surface area (Å²) in [4.78, 5) is 13.1. The van der Waals surface area contributed by atoms with Crippen LogP contribution in [0.5, 0.6) is 0 Å². The van der Waals surface area contributed by atoms with E-state index in [1.165, 1.54) is 6.07 Å². The highest BCUT2D eigenvalue weighted by atomic mass is 32.1. The first kappa shape index (κ1) is 16.3. The maximum absolute atomic E-state index is 13.2. The van der Waals surface area contributed by atoms with E-state index in [2.05, 4.69) is 20.6 Å². The first-order chi connectivity index (χ1) is 12.6. The molecule has 0 saturated heterocycles. The molecule has 4 aromatic rings. The smallest absolute Gasteiger partial charge is 0.251 e. The molecule has 1 aromatic carbocycles. The zero-order valence-electron chi connectivity index (χ0n) is 13.2. The highest BCUT2D eigenvalue weighted by Crippen LogP contribution is 2.22. The number of amides is 1. The first-order valence-corrected chi connectivity index (χ1v) is 8.48. The highest BCUT2D eigenvalue weighted by Gasteiger charge is 2.13. The van der Waals surface area contributed by atoms with Crippen molar-refractivity contribution in [3.8, 4) is 10.6 Å². The number of benzene rings is 1. The molecule has 0 spiro atoms. The maximum Gasteiger partial charge on any atom is 0.251 e. The molecule has 6 nitrogen and oxygen atoms in total. The molecule has 130 valence electrons. The van der Waals surface area contributed by atoms with Crippen LogP contribution in [-0.2, 0) is 6.54 Å². The number of aromatic nitrogens is 4. The van der Waals surface area contributed by atoms with Gasteiger partial charge in [-0.15, -0.1) is 21.5 Å². The lowest BCUT2D eigenvalue weighted by Crippen LogP contribution is -2.24. The van der Waals surface area contributed by atoms with Gasteiger partial charge in [0.2, 0.25) is 0 Å². The SMILES string of the molecule is O=C(NCc1nnc2ccc(-c3cccs3)nn12)c1ccc(F)c(F)c1. The van der Waals surface area contributed by atoms with E-state index in [4.69, 9.17) is 0 Å². The first-order valence-electron chi connectivity index (χ1n) is 7.60. The Bertz CT molecular complexity index is 1090. The molecule has 0 aliphatic carbocycles. The number of fused-ring (bicyclic) bond motifs is 1. The van der Waals surface area contributed by atoms with Gasteiger partial charge in [0.05, 0.1) is 11.4 Å². The number of carbonyl (C=O) groups is 1. The minimum absolute atomic E-state index is 0.0185. The number of thiophene rings is 1. The topological polar surface area (TPSA) is 72.2 Å². The fraction of sp³-hybridized carbons (Fsp3) is 0.0588. The van der Waals surface area contributed by atoms with Gasteiger partial charge in [-0.1, -0.05) is 6.07 Å². The standard InChI is InChI=1S/C17H11F2N5OS/c18-11-4-3-10(8-12(11)19)17(25)20-9-16-22-21-15-6-5-13(23-24(15)16)14-2-1-7-26-14/h1-8H,9H2,(H,20,25). The Hall–Kier alpha value is -3.20. The molecule has 0 radical (unpaired) electrons. The molecule has 0 unspecified atom stereocenters. The molecule has 3 aromatic heterocycles. The monoisotopic (exact) mass is 371 g/mol. The third-order valence-electron chi connectivity index (χ3n) is 3.69. The molecule has 0 aliphatic rings. The van der Waals surface area contributed by atoms with Gasteiger partial charge in [-0.3, -0.25) is 4.79 Å². The zero-order chi connectivity index (χ0) is 18.1. The Balaban J connectivity index is 1.56.